The first-order chi connectivity index (χ1) is 8.88. The molecule has 1 aliphatic rings. The number of hydrogen-bond acceptors (Lipinski definition) is 3. The Kier molecular flexibility index (Phi) is 3.00. The highest BCUT2D eigenvalue weighted by atomic mass is 15.4. The standard InChI is InChI=1S/C14H18N4/c1-2-12(11-7-8-11)16-13-5-3-4-6-14(13)18-10-9-15-17-18/h3-6,9-12,16H,2,7-8H2,1H3. The summed E-state index contributed by atoms with van der Waals surface area (Å²) < 4.78 is 1.81. The molecule has 1 N–H and O–H groups in total. The molecule has 0 bridgehead atoms. The summed E-state index contributed by atoms with van der Waals surface area (Å²) in [6.45, 7) is 2.24. The Morgan fingerprint density at radius 2 is 2.22 bits per heavy atom. The molecule has 0 radical (unpaired) electrons. The zero-order valence-electron chi connectivity index (χ0n) is 10.6. The molecule has 1 aromatic carbocycles. The molecule has 18 heavy (non-hydrogen) atoms. The van der Waals surface area contributed by atoms with E-state index in [1.165, 1.54) is 12.8 Å². The summed E-state index contributed by atoms with van der Waals surface area (Å²) in [5, 5.41) is 11.6. The van der Waals surface area contributed by atoms with Crippen LogP contribution in [0.3, 0.4) is 0 Å². The second-order valence-electron chi connectivity index (χ2n) is 4.86. The predicted molar refractivity (Wildman–Crippen MR) is 71.8 cm³/mol. The lowest BCUT2D eigenvalue weighted by Gasteiger charge is -2.19. The summed E-state index contributed by atoms with van der Waals surface area (Å²) in [5.41, 5.74) is 2.20. The molecule has 94 valence electrons. The molecule has 1 aromatic heterocycles. The van der Waals surface area contributed by atoms with E-state index in [1.54, 1.807) is 6.20 Å². The third-order valence-electron chi connectivity index (χ3n) is 3.55. The number of nitrogens with zero attached hydrogens (tertiary/aromatic N) is 3. The Bertz CT molecular complexity index is 502. The van der Waals surface area contributed by atoms with Gasteiger partial charge in [-0.05, 0) is 37.3 Å². The van der Waals surface area contributed by atoms with Crippen LogP contribution in [0.1, 0.15) is 26.2 Å². The Morgan fingerprint density at radius 3 is 2.89 bits per heavy atom. The van der Waals surface area contributed by atoms with E-state index in [2.05, 4.69) is 40.8 Å². The number of benzene rings is 1. The van der Waals surface area contributed by atoms with E-state index in [9.17, 15) is 0 Å². The third kappa shape index (κ3) is 2.23. The van der Waals surface area contributed by atoms with E-state index in [0.717, 1.165) is 23.7 Å². The minimum Gasteiger partial charge on any atom is -0.380 e. The maximum absolute atomic E-state index is 4.07. The molecule has 2 aromatic rings. The highest BCUT2D eigenvalue weighted by molar-refractivity contribution is 5.61. The summed E-state index contributed by atoms with van der Waals surface area (Å²) in [5.74, 6) is 0.846. The molecule has 0 spiro atoms. The second kappa shape index (κ2) is 4.80. The third-order valence-corrected chi connectivity index (χ3v) is 3.55. The number of para-hydroxylation sites is 2. The van der Waals surface area contributed by atoms with Crippen LogP contribution in [0.2, 0.25) is 0 Å². The molecule has 1 saturated carbocycles. The average Bonchev–Trinajstić information content (AvgIpc) is 3.11. The van der Waals surface area contributed by atoms with E-state index in [0.29, 0.717) is 6.04 Å². The molecular formula is C14H18N4. The van der Waals surface area contributed by atoms with Crippen molar-refractivity contribution in [3.8, 4) is 5.69 Å². The minimum absolute atomic E-state index is 0.578. The summed E-state index contributed by atoms with van der Waals surface area (Å²) in [7, 11) is 0. The molecule has 1 heterocycles. The molecule has 3 rings (SSSR count). The van der Waals surface area contributed by atoms with Crippen LogP contribution in [-0.4, -0.2) is 21.0 Å². The van der Waals surface area contributed by atoms with Crippen molar-refractivity contribution in [3.05, 3.63) is 36.7 Å². The van der Waals surface area contributed by atoms with Gasteiger partial charge in [0, 0.05) is 6.04 Å². The van der Waals surface area contributed by atoms with Crippen LogP contribution in [0.5, 0.6) is 0 Å². The van der Waals surface area contributed by atoms with E-state index in [-0.39, 0.29) is 0 Å². The normalized spacial score (nSPS) is 16.5. The highest BCUT2D eigenvalue weighted by Gasteiger charge is 2.30. The van der Waals surface area contributed by atoms with Crippen molar-refractivity contribution in [1.29, 1.82) is 0 Å². The molecule has 4 nitrogen and oxygen atoms in total. The zero-order valence-corrected chi connectivity index (χ0v) is 10.6. The first-order valence-electron chi connectivity index (χ1n) is 6.60. The van der Waals surface area contributed by atoms with Gasteiger partial charge in [-0.3, -0.25) is 0 Å². The molecule has 0 aliphatic heterocycles. The fraction of sp³-hybridized carbons (Fsp3) is 0.429. The quantitative estimate of drug-likeness (QED) is 0.876. The van der Waals surface area contributed by atoms with Gasteiger partial charge in [0.2, 0.25) is 0 Å². The van der Waals surface area contributed by atoms with Crippen LogP contribution >= 0.6 is 0 Å². The van der Waals surface area contributed by atoms with Gasteiger partial charge < -0.3 is 5.32 Å². The molecule has 1 atom stereocenters. The van der Waals surface area contributed by atoms with Gasteiger partial charge >= 0.3 is 0 Å². The van der Waals surface area contributed by atoms with Crippen LogP contribution < -0.4 is 5.32 Å². The van der Waals surface area contributed by atoms with Gasteiger partial charge in [-0.15, -0.1) is 5.10 Å². The maximum Gasteiger partial charge on any atom is 0.0894 e. The summed E-state index contributed by atoms with van der Waals surface area (Å²) in [6, 6.07) is 8.84. The molecule has 1 aliphatic carbocycles. The van der Waals surface area contributed by atoms with Gasteiger partial charge in [-0.1, -0.05) is 24.3 Å². The Labute approximate surface area is 107 Å². The Balaban J connectivity index is 1.87. The number of rotatable bonds is 5. The average molecular weight is 242 g/mol. The van der Waals surface area contributed by atoms with E-state index in [4.69, 9.17) is 0 Å². The lowest BCUT2D eigenvalue weighted by atomic mass is 10.1. The first kappa shape index (κ1) is 11.3. The fourth-order valence-electron chi connectivity index (χ4n) is 2.38. The largest absolute Gasteiger partial charge is 0.380 e. The highest BCUT2D eigenvalue weighted by Crippen LogP contribution is 2.36. The van der Waals surface area contributed by atoms with Crippen LogP contribution in [0.4, 0.5) is 5.69 Å². The van der Waals surface area contributed by atoms with Crippen molar-refractivity contribution in [2.24, 2.45) is 5.92 Å². The summed E-state index contributed by atoms with van der Waals surface area (Å²) in [6.07, 6.45) is 7.46. The van der Waals surface area contributed by atoms with E-state index in [1.807, 2.05) is 16.9 Å². The van der Waals surface area contributed by atoms with Gasteiger partial charge in [0.25, 0.3) is 0 Å². The van der Waals surface area contributed by atoms with Crippen molar-refractivity contribution >= 4 is 5.69 Å². The van der Waals surface area contributed by atoms with Gasteiger partial charge in [-0.25, -0.2) is 4.68 Å². The predicted octanol–water partition coefficient (Wildman–Crippen LogP) is 2.87. The zero-order chi connectivity index (χ0) is 12.4. The first-order valence-corrected chi connectivity index (χ1v) is 6.60. The maximum atomic E-state index is 4.07. The van der Waals surface area contributed by atoms with Crippen LogP contribution in [0.25, 0.3) is 5.69 Å². The smallest absolute Gasteiger partial charge is 0.0894 e. The Hall–Kier alpha value is -1.84. The lowest BCUT2D eigenvalue weighted by molar-refractivity contribution is 0.615. The number of nitrogens with one attached hydrogen (secondary N) is 1. The number of hydrogen-bond donors (Lipinski definition) is 1. The molecular weight excluding hydrogens is 224 g/mol. The van der Waals surface area contributed by atoms with Gasteiger partial charge in [0.15, 0.2) is 0 Å². The van der Waals surface area contributed by atoms with Gasteiger partial charge in [0.1, 0.15) is 0 Å². The topological polar surface area (TPSA) is 42.7 Å². The lowest BCUT2D eigenvalue weighted by Crippen LogP contribution is -2.21. The molecule has 4 heteroatoms. The van der Waals surface area contributed by atoms with Crippen molar-refractivity contribution in [2.75, 3.05) is 5.32 Å². The van der Waals surface area contributed by atoms with Gasteiger partial charge in [-0.2, -0.15) is 0 Å². The number of aromatic nitrogens is 3. The molecule has 0 saturated heterocycles. The van der Waals surface area contributed by atoms with E-state index < -0.39 is 0 Å². The summed E-state index contributed by atoms with van der Waals surface area (Å²) >= 11 is 0. The monoisotopic (exact) mass is 242 g/mol. The number of anilines is 1. The fourth-order valence-corrected chi connectivity index (χ4v) is 2.38. The van der Waals surface area contributed by atoms with Crippen molar-refractivity contribution in [2.45, 2.75) is 32.2 Å². The van der Waals surface area contributed by atoms with Crippen molar-refractivity contribution in [1.82, 2.24) is 15.0 Å². The second-order valence-corrected chi connectivity index (χ2v) is 4.86. The summed E-state index contributed by atoms with van der Waals surface area (Å²) in [4.78, 5) is 0. The Morgan fingerprint density at radius 1 is 1.39 bits per heavy atom. The minimum atomic E-state index is 0.578. The molecule has 1 fully saturated rings. The molecule has 0 amide bonds. The van der Waals surface area contributed by atoms with Crippen LogP contribution in [0.15, 0.2) is 36.7 Å². The van der Waals surface area contributed by atoms with Crippen molar-refractivity contribution in [3.63, 3.8) is 0 Å². The van der Waals surface area contributed by atoms with Crippen LogP contribution in [0, 0.1) is 5.92 Å². The van der Waals surface area contributed by atoms with Crippen molar-refractivity contribution < 1.29 is 0 Å². The molecule has 1 unspecified atom stereocenters. The van der Waals surface area contributed by atoms with Crippen LogP contribution in [-0.2, 0) is 0 Å². The van der Waals surface area contributed by atoms with Gasteiger partial charge in [0.05, 0.1) is 23.8 Å². The SMILES string of the molecule is CCC(Nc1ccccc1-n1ccnn1)C1CC1. The van der Waals surface area contributed by atoms with E-state index >= 15 is 0 Å².